The van der Waals surface area contributed by atoms with Crippen molar-refractivity contribution in [2.24, 2.45) is 4.40 Å². The van der Waals surface area contributed by atoms with E-state index in [-0.39, 0.29) is 10.6 Å². The largest absolute Gasteiger partial charge is 0.507 e. The van der Waals surface area contributed by atoms with Crippen LogP contribution in [0.4, 0.5) is 5.69 Å². The first-order valence-electron chi connectivity index (χ1n) is 8.90. The van der Waals surface area contributed by atoms with Gasteiger partial charge in [0.2, 0.25) is 0 Å². The third-order valence-corrected chi connectivity index (χ3v) is 6.31. The summed E-state index contributed by atoms with van der Waals surface area (Å²) >= 11 is 0. The van der Waals surface area contributed by atoms with Crippen LogP contribution in [0, 0.1) is 0 Å². The van der Waals surface area contributed by atoms with Gasteiger partial charge < -0.3 is 15.3 Å². The number of phenols is 1. The zero-order chi connectivity index (χ0) is 18.1. The summed E-state index contributed by atoms with van der Waals surface area (Å²) in [4.78, 5) is 1.69. The number of piperidine rings is 1. The molecule has 2 aromatic carbocycles. The predicted octanol–water partition coefficient (Wildman–Crippen LogP) is 1.52. The van der Waals surface area contributed by atoms with Crippen LogP contribution in [0.5, 0.6) is 5.75 Å². The molecule has 0 radical (unpaired) electrons. The van der Waals surface area contributed by atoms with Crippen LogP contribution in [-0.4, -0.2) is 32.4 Å². The van der Waals surface area contributed by atoms with E-state index in [0.717, 1.165) is 30.9 Å². The number of sulfonamides is 1. The summed E-state index contributed by atoms with van der Waals surface area (Å²) in [6, 6.07) is 12.0. The molecule has 4 rings (SSSR count). The summed E-state index contributed by atoms with van der Waals surface area (Å²) in [5.74, 6) is 0.595. The van der Waals surface area contributed by atoms with Crippen molar-refractivity contribution in [2.75, 3.05) is 18.4 Å². The van der Waals surface area contributed by atoms with Crippen molar-refractivity contribution in [1.82, 2.24) is 0 Å². The van der Waals surface area contributed by atoms with E-state index < -0.39 is 10.0 Å². The maximum atomic E-state index is 12.2. The Labute approximate surface area is 153 Å². The number of rotatable bonds is 3. The number of nitrogens with zero attached hydrogens (tertiary/aromatic N) is 1. The quantitative estimate of drug-likeness (QED) is 0.714. The summed E-state index contributed by atoms with van der Waals surface area (Å²) < 4.78 is 28.2. The van der Waals surface area contributed by atoms with Crippen molar-refractivity contribution in [3.63, 3.8) is 0 Å². The number of aromatic hydroxyl groups is 1. The second kappa shape index (κ2) is 6.74. The molecule has 2 aliphatic heterocycles. The van der Waals surface area contributed by atoms with E-state index in [0.29, 0.717) is 11.4 Å². The summed E-state index contributed by atoms with van der Waals surface area (Å²) in [6.07, 6.45) is 3.73. The molecule has 3 N–H and O–H groups in total. The van der Waals surface area contributed by atoms with Gasteiger partial charge in [-0.2, -0.15) is 8.42 Å². The Hall–Kier alpha value is -2.38. The lowest BCUT2D eigenvalue weighted by Gasteiger charge is -2.24. The number of hydrogen-bond acceptors (Lipinski definition) is 4. The van der Waals surface area contributed by atoms with Crippen molar-refractivity contribution in [1.29, 1.82) is 0 Å². The van der Waals surface area contributed by atoms with E-state index in [1.54, 1.807) is 36.4 Å². The smallest absolute Gasteiger partial charge is 0.285 e. The molecule has 26 heavy (non-hydrogen) atoms. The van der Waals surface area contributed by atoms with Gasteiger partial charge >= 0.3 is 0 Å². The lowest BCUT2D eigenvalue weighted by molar-refractivity contribution is -0.918. The highest BCUT2D eigenvalue weighted by molar-refractivity contribution is 7.90. The number of nitrogens with one attached hydrogen (secondary N) is 2. The van der Waals surface area contributed by atoms with Gasteiger partial charge in [-0.3, -0.25) is 0 Å². The topological polar surface area (TPSA) is 83.2 Å². The van der Waals surface area contributed by atoms with Crippen LogP contribution in [0.1, 0.15) is 30.4 Å². The summed E-state index contributed by atoms with van der Waals surface area (Å²) in [7, 11) is -3.64. The van der Waals surface area contributed by atoms with E-state index >= 15 is 0 Å². The van der Waals surface area contributed by atoms with E-state index in [9.17, 15) is 13.5 Å². The molecule has 0 saturated carbocycles. The van der Waals surface area contributed by atoms with Crippen LogP contribution in [0.2, 0.25) is 0 Å². The van der Waals surface area contributed by atoms with Crippen LogP contribution >= 0.6 is 0 Å². The molecule has 0 aromatic heterocycles. The molecule has 1 saturated heterocycles. The van der Waals surface area contributed by atoms with Crippen LogP contribution in [0.15, 0.2) is 51.8 Å². The molecule has 0 spiro atoms. The minimum absolute atomic E-state index is 0.222. The van der Waals surface area contributed by atoms with E-state index in [1.807, 2.05) is 6.07 Å². The fraction of sp³-hybridized carbons (Fsp3) is 0.316. The summed E-state index contributed by atoms with van der Waals surface area (Å²) in [5, 5.41) is 13.3. The molecular formula is C19H22N3O3S+. The minimum atomic E-state index is -3.64. The Kier molecular flexibility index (Phi) is 4.42. The van der Waals surface area contributed by atoms with Crippen LogP contribution in [0.3, 0.4) is 0 Å². The SMILES string of the molecule is O=S1(=O)N=C(Nc2ccc(O)c(C[NH+]3CCCCC3)c2)c2ccccc21. The number of hydrogen-bond donors (Lipinski definition) is 3. The maximum Gasteiger partial charge on any atom is 0.285 e. The van der Waals surface area contributed by atoms with Crippen LogP contribution < -0.4 is 10.2 Å². The molecule has 0 atom stereocenters. The number of anilines is 1. The fourth-order valence-corrected chi connectivity index (χ4v) is 4.81. The number of benzene rings is 2. The number of amidine groups is 1. The van der Waals surface area contributed by atoms with Gasteiger partial charge in [0.05, 0.1) is 13.1 Å². The lowest BCUT2D eigenvalue weighted by Crippen LogP contribution is -3.11. The average Bonchev–Trinajstić information content (AvgIpc) is 2.90. The second-order valence-electron chi connectivity index (χ2n) is 6.87. The molecule has 2 aliphatic rings. The first-order valence-corrected chi connectivity index (χ1v) is 10.3. The zero-order valence-corrected chi connectivity index (χ0v) is 15.2. The molecule has 0 unspecified atom stereocenters. The molecule has 0 aliphatic carbocycles. The van der Waals surface area contributed by atoms with Gasteiger partial charge in [-0.15, -0.1) is 4.40 Å². The number of quaternary nitrogens is 1. The Balaban J connectivity index is 1.59. The number of fused-ring (bicyclic) bond motifs is 1. The Bertz CT molecular complexity index is 964. The van der Waals surface area contributed by atoms with Crippen molar-refractivity contribution in [3.05, 3.63) is 53.6 Å². The van der Waals surface area contributed by atoms with Gasteiger partial charge in [-0.25, -0.2) is 0 Å². The fourth-order valence-electron chi connectivity index (χ4n) is 3.64. The molecule has 2 heterocycles. The monoisotopic (exact) mass is 372 g/mol. The molecular weight excluding hydrogens is 350 g/mol. The van der Waals surface area contributed by atoms with E-state index in [1.165, 1.54) is 24.2 Å². The highest BCUT2D eigenvalue weighted by Gasteiger charge is 2.28. The van der Waals surface area contributed by atoms with Crippen molar-refractivity contribution >= 4 is 21.5 Å². The summed E-state index contributed by atoms with van der Waals surface area (Å²) in [5.41, 5.74) is 2.16. The van der Waals surface area contributed by atoms with Gasteiger partial charge in [0.25, 0.3) is 10.0 Å². The highest BCUT2D eigenvalue weighted by atomic mass is 32.2. The number of phenolic OH excluding ortho intramolecular Hbond substituents is 1. The van der Waals surface area contributed by atoms with Gasteiger partial charge in [0.15, 0.2) is 5.84 Å². The van der Waals surface area contributed by atoms with Crippen molar-refractivity contribution in [3.8, 4) is 5.75 Å². The first-order chi connectivity index (χ1) is 12.5. The molecule has 1 fully saturated rings. The molecule has 6 nitrogen and oxygen atoms in total. The Morgan fingerprint density at radius 1 is 1.08 bits per heavy atom. The highest BCUT2D eigenvalue weighted by Crippen LogP contribution is 2.28. The Morgan fingerprint density at radius 3 is 2.65 bits per heavy atom. The van der Waals surface area contributed by atoms with Gasteiger partial charge in [-0.05, 0) is 49.6 Å². The molecule has 2 aromatic rings. The van der Waals surface area contributed by atoms with Gasteiger partial charge in [0, 0.05) is 16.8 Å². The lowest BCUT2D eigenvalue weighted by atomic mass is 10.1. The first kappa shape index (κ1) is 17.1. The van der Waals surface area contributed by atoms with E-state index in [2.05, 4.69) is 9.71 Å². The third kappa shape index (κ3) is 3.32. The maximum absolute atomic E-state index is 12.2. The molecule has 7 heteroatoms. The number of likely N-dealkylation sites (tertiary alicyclic amines) is 1. The molecule has 0 bridgehead atoms. The van der Waals surface area contributed by atoms with Crippen molar-refractivity contribution in [2.45, 2.75) is 30.7 Å². The van der Waals surface area contributed by atoms with Crippen LogP contribution in [-0.2, 0) is 16.6 Å². The molecule has 0 amide bonds. The van der Waals surface area contributed by atoms with Gasteiger partial charge in [0.1, 0.15) is 17.2 Å². The normalized spacial score (nSPS) is 19.0. The predicted molar refractivity (Wildman–Crippen MR) is 100 cm³/mol. The van der Waals surface area contributed by atoms with Crippen LogP contribution in [0.25, 0.3) is 0 Å². The standard InChI is InChI=1S/C19H21N3O3S/c23-17-9-8-15(12-14(17)13-22-10-4-1-5-11-22)20-19-16-6-2-3-7-18(16)26(24,25)21-19/h2-3,6-9,12,23H,1,4-5,10-11,13H2,(H,20,21)/p+1. The second-order valence-corrected chi connectivity index (χ2v) is 8.44. The Morgan fingerprint density at radius 2 is 1.85 bits per heavy atom. The zero-order valence-electron chi connectivity index (χ0n) is 14.4. The van der Waals surface area contributed by atoms with Crippen molar-refractivity contribution < 1.29 is 18.4 Å². The van der Waals surface area contributed by atoms with Gasteiger partial charge in [-0.1, -0.05) is 12.1 Å². The van der Waals surface area contributed by atoms with E-state index in [4.69, 9.17) is 0 Å². The minimum Gasteiger partial charge on any atom is -0.507 e. The summed E-state index contributed by atoms with van der Waals surface area (Å²) in [6.45, 7) is 3.01. The average molecular weight is 372 g/mol. The third-order valence-electron chi connectivity index (χ3n) is 4.97. The molecule has 136 valence electrons.